The van der Waals surface area contributed by atoms with Crippen LogP contribution in [0.3, 0.4) is 0 Å². The fraction of sp³-hybridized carbons (Fsp3) is 0.421. The van der Waals surface area contributed by atoms with E-state index in [1.54, 1.807) is 24.4 Å². The van der Waals surface area contributed by atoms with Gasteiger partial charge >= 0.3 is 0 Å². The fourth-order valence-electron chi connectivity index (χ4n) is 2.93. The Balaban J connectivity index is 1.79. The van der Waals surface area contributed by atoms with Crippen LogP contribution in [0.4, 0.5) is 0 Å². The second-order valence-electron chi connectivity index (χ2n) is 6.69. The number of hydrogen-bond acceptors (Lipinski definition) is 5. The molecule has 7 heteroatoms. The number of benzene rings is 1. The lowest BCUT2D eigenvalue weighted by Crippen LogP contribution is -2.31. The molecule has 0 unspecified atom stereocenters. The van der Waals surface area contributed by atoms with Crippen molar-refractivity contribution in [3.05, 3.63) is 60.2 Å². The minimum absolute atomic E-state index is 0.410. The molecule has 3 rings (SSSR count). The molecule has 0 spiro atoms. The third-order valence-electron chi connectivity index (χ3n) is 4.53. The predicted molar refractivity (Wildman–Crippen MR) is 99.7 cm³/mol. The zero-order valence-corrected chi connectivity index (χ0v) is 15.8. The third-order valence-corrected chi connectivity index (χ3v) is 4.53. The molecule has 0 fully saturated rings. The molecule has 0 saturated heterocycles. The first kappa shape index (κ1) is 18.1. The molecule has 0 N–H and O–H groups in total. The van der Waals surface area contributed by atoms with E-state index in [2.05, 4.69) is 50.5 Å². The van der Waals surface area contributed by atoms with Crippen LogP contribution in [0.15, 0.2) is 43.2 Å². The van der Waals surface area contributed by atoms with Crippen molar-refractivity contribution in [1.82, 2.24) is 29.2 Å². The molecule has 0 amide bonds. The van der Waals surface area contributed by atoms with Crippen molar-refractivity contribution in [2.45, 2.75) is 39.5 Å². The highest BCUT2D eigenvalue weighted by Crippen LogP contribution is 2.22. The van der Waals surface area contributed by atoms with Gasteiger partial charge in [0, 0.05) is 37.6 Å². The highest BCUT2D eigenvalue weighted by atomic mass is 16.5. The van der Waals surface area contributed by atoms with Crippen LogP contribution in [0.2, 0.25) is 0 Å². The normalized spacial score (nSPS) is 11.5. The maximum Gasteiger partial charge on any atom is 0.137 e. The molecule has 0 aliphatic carbocycles. The van der Waals surface area contributed by atoms with Crippen molar-refractivity contribution >= 4 is 0 Å². The van der Waals surface area contributed by atoms with E-state index in [1.807, 2.05) is 25.5 Å². The zero-order chi connectivity index (χ0) is 18.5. The minimum Gasteiger partial charge on any atom is -0.496 e. The van der Waals surface area contributed by atoms with Gasteiger partial charge in [-0.1, -0.05) is 6.07 Å². The SMILES string of the molecule is COc1ccc(CN(Cc2nccn2C)C(C)C)cc1Cn1cncn1. The van der Waals surface area contributed by atoms with Crippen molar-refractivity contribution in [2.75, 3.05) is 7.11 Å². The Morgan fingerprint density at radius 1 is 1.23 bits per heavy atom. The van der Waals surface area contributed by atoms with Crippen molar-refractivity contribution in [1.29, 1.82) is 0 Å². The van der Waals surface area contributed by atoms with Gasteiger partial charge in [-0.05, 0) is 31.5 Å². The lowest BCUT2D eigenvalue weighted by atomic mass is 10.1. The number of ether oxygens (including phenoxy) is 1. The number of aryl methyl sites for hydroxylation is 1. The first-order valence-electron chi connectivity index (χ1n) is 8.75. The largest absolute Gasteiger partial charge is 0.496 e. The molecule has 2 aromatic heterocycles. The van der Waals surface area contributed by atoms with Crippen LogP contribution in [0.1, 0.15) is 30.8 Å². The Morgan fingerprint density at radius 3 is 2.69 bits per heavy atom. The Hall–Kier alpha value is -2.67. The second-order valence-corrected chi connectivity index (χ2v) is 6.69. The van der Waals surface area contributed by atoms with Gasteiger partial charge in [-0.15, -0.1) is 0 Å². The van der Waals surface area contributed by atoms with Crippen LogP contribution in [-0.2, 0) is 26.7 Å². The van der Waals surface area contributed by atoms with Gasteiger partial charge in [0.2, 0.25) is 0 Å². The summed E-state index contributed by atoms with van der Waals surface area (Å²) in [5.74, 6) is 1.93. The van der Waals surface area contributed by atoms with Crippen LogP contribution < -0.4 is 4.74 Å². The van der Waals surface area contributed by atoms with E-state index in [0.29, 0.717) is 12.6 Å². The van der Waals surface area contributed by atoms with Gasteiger partial charge in [0.05, 0.1) is 20.2 Å². The first-order valence-corrected chi connectivity index (χ1v) is 8.75. The topological polar surface area (TPSA) is 61.0 Å². The van der Waals surface area contributed by atoms with Crippen LogP contribution in [0.5, 0.6) is 5.75 Å². The molecule has 7 nitrogen and oxygen atoms in total. The zero-order valence-electron chi connectivity index (χ0n) is 15.8. The van der Waals surface area contributed by atoms with Crippen LogP contribution in [0, 0.1) is 0 Å². The summed E-state index contributed by atoms with van der Waals surface area (Å²) in [6.45, 7) is 6.72. The summed E-state index contributed by atoms with van der Waals surface area (Å²) in [5, 5.41) is 4.19. The van der Waals surface area contributed by atoms with Gasteiger partial charge in [-0.25, -0.2) is 14.6 Å². The highest BCUT2D eigenvalue weighted by molar-refractivity contribution is 5.37. The van der Waals surface area contributed by atoms with Gasteiger partial charge < -0.3 is 9.30 Å². The van der Waals surface area contributed by atoms with Crippen LogP contribution in [0.25, 0.3) is 0 Å². The van der Waals surface area contributed by atoms with E-state index in [-0.39, 0.29) is 0 Å². The smallest absolute Gasteiger partial charge is 0.137 e. The van der Waals surface area contributed by atoms with Gasteiger partial charge in [0.15, 0.2) is 0 Å². The number of rotatable bonds is 8. The van der Waals surface area contributed by atoms with E-state index >= 15 is 0 Å². The van der Waals surface area contributed by atoms with Gasteiger partial charge in [-0.3, -0.25) is 4.90 Å². The van der Waals surface area contributed by atoms with E-state index in [0.717, 1.165) is 30.2 Å². The third kappa shape index (κ3) is 4.29. The van der Waals surface area contributed by atoms with Gasteiger partial charge in [-0.2, -0.15) is 5.10 Å². The highest BCUT2D eigenvalue weighted by Gasteiger charge is 2.15. The van der Waals surface area contributed by atoms with Gasteiger partial charge in [0.1, 0.15) is 24.2 Å². The molecule has 0 atom stereocenters. The standard InChI is InChI=1S/C19H26N6O/c1-15(2)24(12-19-21-7-8-23(19)3)10-16-5-6-18(26-4)17(9-16)11-25-14-20-13-22-25/h5-9,13-15H,10-12H2,1-4H3. The summed E-state index contributed by atoms with van der Waals surface area (Å²) in [6, 6.07) is 6.75. The molecule has 0 radical (unpaired) electrons. The Bertz CT molecular complexity index is 824. The predicted octanol–water partition coefficient (Wildman–Crippen LogP) is 2.48. The molecule has 26 heavy (non-hydrogen) atoms. The average Bonchev–Trinajstić information content (AvgIpc) is 3.27. The van der Waals surface area contributed by atoms with Crippen molar-refractivity contribution in [3.63, 3.8) is 0 Å². The summed E-state index contributed by atoms with van der Waals surface area (Å²) in [6.07, 6.45) is 7.09. The van der Waals surface area contributed by atoms with Crippen molar-refractivity contribution < 1.29 is 4.74 Å². The molecule has 0 aliphatic heterocycles. The summed E-state index contributed by atoms with van der Waals surface area (Å²) >= 11 is 0. The lowest BCUT2D eigenvalue weighted by Gasteiger charge is -2.26. The molecule has 0 aliphatic rings. The number of imidazole rings is 1. The van der Waals surface area contributed by atoms with Gasteiger partial charge in [0.25, 0.3) is 0 Å². The second kappa shape index (κ2) is 8.14. The first-order chi connectivity index (χ1) is 12.6. The Kier molecular flexibility index (Phi) is 5.68. The quantitative estimate of drug-likeness (QED) is 0.622. The van der Waals surface area contributed by atoms with Crippen LogP contribution >= 0.6 is 0 Å². The molecular weight excluding hydrogens is 328 g/mol. The molecular formula is C19H26N6O. The minimum atomic E-state index is 0.410. The molecule has 0 bridgehead atoms. The van der Waals surface area contributed by atoms with E-state index in [1.165, 1.54) is 5.56 Å². The number of aromatic nitrogens is 5. The lowest BCUT2D eigenvalue weighted by molar-refractivity contribution is 0.196. The molecule has 2 heterocycles. The number of hydrogen-bond donors (Lipinski definition) is 0. The molecule has 3 aromatic rings. The summed E-state index contributed by atoms with van der Waals surface area (Å²) in [7, 11) is 3.73. The van der Waals surface area contributed by atoms with E-state index in [4.69, 9.17) is 4.74 Å². The molecule has 0 saturated carbocycles. The number of nitrogens with zero attached hydrogens (tertiary/aromatic N) is 6. The maximum absolute atomic E-state index is 5.51. The summed E-state index contributed by atoms with van der Waals surface area (Å²) in [5.41, 5.74) is 2.33. The van der Waals surface area contributed by atoms with E-state index < -0.39 is 0 Å². The maximum atomic E-state index is 5.51. The molecule has 1 aromatic carbocycles. The summed E-state index contributed by atoms with van der Waals surface area (Å²) < 4.78 is 9.38. The Labute approximate surface area is 154 Å². The van der Waals surface area contributed by atoms with Crippen molar-refractivity contribution in [2.24, 2.45) is 7.05 Å². The molecule has 138 valence electrons. The van der Waals surface area contributed by atoms with Crippen LogP contribution in [-0.4, -0.2) is 42.4 Å². The van der Waals surface area contributed by atoms with E-state index in [9.17, 15) is 0 Å². The number of methoxy groups -OCH3 is 1. The Morgan fingerprint density at radius 2 is 2.08 bits per heavy atom. The summed E-state index contributed by atoms with van der Waals surface area (Å²) in [4.78, 5) is 10.9. The fourth-order valence-corrected chi connectivity index (χ4v) is 2.93. The van der Waals surface area contributed by atoms with Crippen molar-refractivity contribution in [3.8, 4) is 5.75 Å². The average molecular weight is 354 g/mol. The monoisotopic (exact) mass is 354 g/mol.